The van der Waals surface area contributed by atoms with Crippen molar-refractivity contribution in [1.82, 2.24) is 0 Å². The minimum Gasteiger partial charge on any atom is -0.464 e. The van der Waals surface area contributed by atoms with E-state index in [2.05, 4.69) is 63.2 Å². The lowest BCUT2D eigenvalue weighted by Gasteiger charge is -2.10. The number of fused-ring (bicyclic) bond motifs is 2. The summed E-state index contributed by atoms with van der Waals surface area (Å²) in [4.78, 5) is 0. The highest BCUT2D eigenvalue weighted by molar-refractivity contribution is 5.81. The lowest BCUT2D eigenvalue weighted by atomic mass is 9.95. The zero-order chi connectivity index (χ0) is 16.7. The van der Waals surface area contributed by atoms with Gasteiger partial charge in [0.15, 0.2) is 0 Å². The van der Waals surface area contributed by atoms with Crippen molar-refractivity contribution >= 4 is 21.9 Å². The Morgan fingerprint density at radius 3 is 2.62 bits per heavy atom. The van der Waals surface area contributed by atoms with Crippen LogP contribution in [0.5, 0.6) is 0 Å². The van der Waals surface area contributed by atoms with Gasteiger partial charge in [-0.3, -0.25) is 0 Å². The largest absolute Gasteiger partial charge is 0.464 e. The van der Waals surface area contributed by atoms with Crippen molar-refractivity contribution in [3.8, 4) is 0 Å². The maximum absolute atomic E-state index is 6.11. The molecule has 0 N–H and O–H groups in total. The first-order chi connectivity index (χ1) is 11.6. The first kappa shape index (κ1) is 15.1. The summed E-state index contributed by atoms with van der Waals surface area (Å²) in [6.45, 7) is 6.64. The highest BCUT2D eigenvalue weighted by Crippen LogP contribution is 2.31. The molecule has 1 atom stereocenters. The summed E-state index contributed by atoms with van der Waals surface area (Å²) in [5.41, 5.74) is 4.53. The molecule has 0 spiro atoms. The number of rotatable bonds is 4. The number of furan rings is 2. The number of benzene rings is 2. The van der Waals surface area contributed by atoms with Gasteiger partial charge in [0.2, 0.25) is 0 Å². The van der Waals surface area contributed by atoms with Gasteiger partial charge in [-0.25, -0.2) is 0 Å². The van der Waals surface area contributed by atoms with Gasteiger partial charge in [-0.15, -0.1) is 0 Å². The van der Waals surface area contributed by atoms with Gasteiger partial charge < -0.3 is 8.83 Å². The lowest BCUT2D eigenvalue weighted by molar-refractivity contribution is 0.524. The molecule has 0 bridgehead atoms. The zero-order valence-electron chi connectivity index (χ0n) is 14.4. The van der Waals surface area contributed by atoms with Crippen LogP contribution >= 0.6 is 0 Å². The van der Waals surface area contributed by atoms with E-state index >= 15 is 0 Å². The summed E-state index contributed by atoms with van der Waals surface area (Å²) in [5.74, 6) is 1.88. The second-order valence-electron chi connectivity index (χ2n) is 6.96. The Kier molecular flexibility index (Phi) is 3.68. The van der Waals surface area contributed by atoms with Crippen LogP contribution in [0.3, 0.4) is 0 Å². The zero-order valence-corrected chi connectivity index (χ0v) is 14.4. The molecule has 0 fully saturated rings. The third-order valence-electron chi connectivity index (χ3n) is 4.81. The van der Waals surface area contributed by atoms with Crippen molar-refractivity contribution in [3.63, 3.8) is 0 Å². The van der Waals surface area contributed by atoms with E-state index in [9.17, 15) is 0 Å². The van der Waals surface area contributed by atoms with E-state index in [0.717, 1.165) is 28.7 Å². The summed E-state index contributed by atoms with van der Waals surface area (Å²) < 4.78 is 11.8. The molecule has 0 saturated heterocycles. The normalized spacial score (nSPS) is 13.2. The standard InChI is InChI=1S/C22H22O2/c1-14(2)17-7-8-18-12-19(24-21(18)13-17)11-15(3)20-6-4-5-16-9-10-23-22(16)20/h4-10,12-15H,11H2,1-3H3/t15-/m0/s1. The van der Waals surface area contributed by atoms with Crippen molar-refractivity contribution in [2.45, 2.75) is 39.0 Å². The van der Waals surface area contributed by atoms with Gasteiger partial charge in [-0.1, -0.05) is 51.1 Å². The molecule has 24 heavy (non-hydrogen) atoms. The highest BCUT2D eigenvalue weighted by atomic mass is 16.3. The molecule has 0 unspecified atom stereocenters. The Morgan fingerprint density at radius 1 is 0.917 bits per heavy atom. The van der Waals surface area contributed by atoms with Gasteiger partial charge in [0, 0.05) is 17.2 Å². The van der Waals surface area contributed by atoms with Crippen LogP contribution in [0.25, 0.3) is 21.9 Å². The second-order valence-corrected chi connectivity index (χ2v) is 6.96. The van der Waals surface area contributed by atoms with Gasteiger partial charge >= 0.3 is 0 Å². The van der Waals surface area contributed by atoms with Crippen LogP contribution in [-0.4, -0.2) is 0 Å². The third-order valence-corrected chi connectivity index (χ3v) is 4.81. The van der Waals surface area contributed by atoms with Crippen LogP contribution in [0.15, 0.2) is 63.6 Å². The van der Waals surface area contributed by atoms with Crippen LogP contribution in [0.4, 0.5) is 0 Å². The fourth-order valence-electron chi connectivity index (χ4n) is 3.38. The molecule has 0 aliphatic rings. The Hall–Kier alpha value is -2.48. The SMILES string of the molecule is CC(C)c1ccc2cc(C[C@H](C)c3cccc4ccoc34)oc2c1. The lowest BCUT2D eigenvalue weighted by Crippen LogP contribution is -1.97. The van der Waals surface area contributed by atoms with Gasteiger partial charge in [0.1, 0.15) is 16.9 Å². The van der Waals surface area contributed by atoms with Gasteiger partial charge in [-0.2, -0.15) is 0 Å². The Bertz CT molecular complexity index is 987. The maximum atomic E-state index is 6.11. The molecule has 2 nitrogen and oxygen atoms in total. The molecular formula is C22H22O2. The summed E-state index contributed by atoms with van der Waals surface area (Å²) >= 11 is 0. The Balaban J connectivity index is 1.65. The number of hydrogen-bond donors (Lipinski definition) is 0. The van der Waals surface area contributed by atoms with Crippen molar-refractivity contribution < 1.29 is 8.83 Å². The van der Waals surface area contributed by atoms with Gasteiger partial charge in [0.05, 0.1) is 6.26 Å². The van der Waals surface area contributed by atoms with Gasteiger partial charge in [-0.05, 0) is 41.2 Å². The monoisotopic (exact) mass is 318 g/mol. The summed E-state index contributed by atoms with van der Waals surface area (Å²) in [6.07, 6.45) is 2.63. The molecule has 4 rings (SSSR count). The summed E-state index contributed by atoms with van der Waals surface area (Å²) in [7, 11) is 0. The molecule has 2 aromatic heterocycles. The molecule has 0 aliphatic carbocycles. The molecule has 2 heterocycles. The minimum atomic E-state index is 0.338. The van der Waals surface area contributed by atoms with Crippen molar-refractivity contribution in [1.29, 1.82) is 0 Å². The highest BCUT2D eigenvalue weighted by Gasteiger charge is 2.15. The first-order valence-electron chi connectivity index (χ1n) is 8.60. The average molecular weight is 318 g/mol. The van der Waals surface area contributed by atoms with E-state index in [4.69, 9.17) is 8.83 Å². The number of para-hydroxylation sites is 1. The van der Waals surface area contributed by atoms with E-state index in [1.165, 1.54) is 16.5 Å². The predicted octanol–water partition coefficient (Wildman–Crippen LogP) is 6.65. The Morgan fingerprint density at radius 2 is 1.79 bits per heavy atom. The van der Waals surface area contributed by atoms with Crippen LogP contribution in [0.2, 0.25) is 0 Å². The van der Waals surface area contributed by atoms with Crippen LogP contribution in [0, 0.1) is 0 Å². The Labute approximate surface area is 142 Å². The summed E-state index contributed by atoms with van der Waals surface area (Å²) in [6, 6.07) is 17.0. The third kappa shape index (κ3) is 2.62. The smallest absolute Gasteiger partial charge is 0.137 e. The van der Waals surface area contributed by atoms with E-state index in [-0.39, 0.29) is 0 Å². The fraction of sp³-hybridized carbons (Fsp3) is 0.273. The molecule has 0 saturated carbocycles. The molecule has 2 heteroatoms. The molecule has 0 amide bonds. The maximum Gasteiger partial charge on any atom is 0.137 e. The van der Waals surface area contributed by atoms with E-state index in [1.807, 2.05) is 6.07 Å². The number of hydrogen-bond acceptors (Lipinski definition) is 2. The molecule has 2 aromatic carbocycles. The van der Waals surface area contributed by atoms with Crippen LogP contribution < -0.4 is 0 Å². The fourth-order valence-corrected chi connectivity index (χ4v) is 3.38. The second kappa shape index (κ2) is 5.86. The van der Waals surface area contributed by atoms with E-state index in [0.29, 0.717) is 11.8 Å². The molecule has 4 aromatic rings. The molecule has 0 radical (unpaired) electrons. The topological polar surface area (TPSA) is 26.3 Å². The van der Waals surface area contributed by atoms with Crippen molar-refractivity contribution in [3.05, 3.63) is 71.7 Å². The van der Waals surface area contributed by atoms with E-state index < -0.39 is 0 Å². The molecule has 0 aliphatic heterocycles. The molecule has 122 valence electrons. The predicted molar refractivity (Wildman–Crippen MR) is 98.6 cm³/mol. The van der Waals surface area contributed by atoms with Crippen LogP contribution in [-0.2, 0) is 6.42 Å². The molecular weight excluding hydrogens is 296 g/mol. The van der Waals surface area contributed by atoms with Crippen LogP contribution in [0.1, 0.15) is 49.5 Å². The van der Waals surface area contributed by atoms with Crippen molar-refractivity contribution in [2.75, 3.05) is 0 Å². The van der Waals surface area contributed by atoms with Crippen molar-refractivity contribution in [2.24, 2.45) is 0 Å². The summed E-state index contributed by atoms with van der Waals surface area (Å²) in [5, 5.41) is 2.34. The quantitative estimate of drug-likeness (QED) is 0.421. The minimum absolute atomic E-state index is 0.338. The average Bonchev–Trinajstić information content (AvgIpc) is 3.19. The first-order valence-corrected chi connectivity index (χ1v) is 8.60. The van der Waals surface area contributed by atoms with Gasteiger partial charge in [0.25, 0.3) is 0 Å². The van der Waals surface area contributed by atoms with E-state index in [1.54, 1.807) is 6.26 Å².